The van der Waals surface area contributed by atoms with Gasteiger partial charge in [0.2, 0.25) is 11.6 Å². The molecule has 1 aliphatic rings. The summed E-state index contributed by atoms with van der Waals surface area (Å²) < 4.78 is 23.3. The van der Waals surface area contributed by atoms with E-state index in [4.69, 9.17) is 11.3 Å². The maximum atomic E-state index is 14.5. The molecule has 3 aromatic heterocycles. The van der Waals surface area contributed by atoms with Gasteiger partial charge in [-0.15, -0.1) is 0 Å². The predicted octanol–water partition coefficient (Wildman–Crippen LogP) is 3.17. The number of ether oxygens (including phenoxy) is 1. The number of hydrogen-bond acceptors (Lipinski definition) is 6. The number of aliphatic hydroxyl groups is 1. The van der Waals surface area contributed by atoms with E-state index in [0.717, 1.165) is 17.0 Å². The molecular weight excluding hydrogens is 401 g/mol. The Kier molecular flexibility index (Phi) is 4.34. The van der Waals surface area contributed by atoms with Crippen LogP contribution in [0.5, 0.6) is 5.75 Å². The molecule has 1 aromatic carbocycles. The number of aromatic nitrogens is 5. The van der Waals surface area contributed by atoms with Crippen LogP contribution in [0.1, 0.15) is 22.9 Å². The molecule has 1 unspecified atom stereocenters. The maximum absolute atomic E-state index is 14.5. The monoisotopic (exact) mass is 419 g/mol. The topological polar surface area (TPSA) is 93.9 Å². The molecule has 10 heteroatoms. The zero-order chi connectivity index (χ0) is 21.7. The Morgan fingerprint density at radius 1 is 1.42 bits per heavy atom. The molecule has 1 atom stereocenters. The second-order valence-corrected chi connectivity index (χ2v) is 7.31. The Hall–Kier alpha value is -3.97. The van der Waals surface area contributed by atoms with Crippen molar-refractivity contribution in [3.05, 3.63) is 64.6 Å². The highest BCUT2D eigenvalue weighted by molar-refractivity contribution is 5.77. The second kappa shape index (κ2) is 7.07. The lowest BCUT2D eigenvalue weighted by Gasteiger charge is -2.13. The van der Waals surface area contributed by atoms with Crippen molar-refractivity contribution in [3.63, 3.8) is 0 Å². The van der Waals surface area contributed by atoms with E-state index in [-0.39, 0.29) is 19.0 Å². The maximum Gasteiger partial charge on any atom is 0.288 e. The fourth-order valence-corrected chi connectivity index (χ4v) is 3.90. The highest BCUT2D eigenvalue weighted by Crippen LogP contribution is 2.37. The molecule has 5 rings (SSSR count). The Morgan fingerprint density at radius 2 is 2.26 bits per heavy atom. The van der Waals surface area contributed by atoms with Crippen LogP contribution in [-0.4, -0.2) is 35.9 Å². The molecule has 0 bridgehead atoms. The fraction of sp³-hybridized carbons (Fsp3) is 0.238. The zero-order valence-corrected chi connectivity index (χ0v) is 16.8. The van der Waals surface area contributed by atoms with Crippen LogP contribution >= 0.6 is 0 Å². The molecule has 9 nitrogen and oxygen atoms in total. The Bertz CT molecular complexity index is 1370. The number of anilines is 1. The smallest absolute Gasteiger partial charge is 0.288 e. The van der Waals surface area contributed by atoms with Crippen molar-refractivity contribution in [2.75, 3.05) is 11.9 Å². The van der Waals surface area contributed by atoms with Crippen molar-refractivity contribution in [2.24, 2.45) is 7.05 Å². The molecule has 0 saturated carbocycles. The van der Waals surface area contributed by atoms with Gasteiger partial charge >= 0.3 is 0 Å². The van der Waals surface area contributed by atoms with Crippen molar-refractivity contribution in [3.8, 4) is 17.0 Å². The van der Waals surface area contributed by atoms with Crippen molar-refractivity contribution in [1.29, 1.82) is 0 Å². The Morgan fingerprint density at radius 3 is 3.00 bits per heavy atom. The lowest BCUT2D eigenvalue weighted by molar-refractivity contribution is 0.140. The van der Waals surface area contributed by atoms with Crippen molar-refractivity contribution in [1.82, 2.24) is 24.1 Å². The normalized spacial score (nSPS) is 15.0. The molecule has 156 valence electrons. The number of aliphatic hydroxyl groups excluding tert-OH is 1. The van der Waals surface area contributed by atoms with E-state index in [1.54, 1.807) is 21.5 Å². The molecule has 0 spiro atoms. The number of nitrogens with one attached hydrogen (secondary N) is 1. The summed E-state index contributed by atoms with van der Waals surface area (Å²) in [6.45, 7) is 9.41. The molecule has 0 aliphatic carbocycles. The minimum Gasteiger partial charge on any atom is -0.490 e. The number of imidazole rings is 1. The van der Waals surface area contributed by atoms with Gasteiger partial charge in [0, 0.05) is 37.1 Å². The minimum absolute atomic E-state index is 0.0766. The van der Waals surface area contributed by atoms with E-state index in [0.29, 0.717) is 28.5 Å². The summed E-state index contributed by atoms with van der Waals surface area (Å²) in [4.78, 5) is 12.3. The highest BCUT2D eigenvalue weighted by Gasteiger charge is 2.27. The fourth-order valence-electron chi connectivity index (χ4n) is 3.90. The van der Waals surface area contributed by atoms with Crippen LogP contribution in [0.2, 0.25) is 0 Å². The van der Waals surface area contributed by atoms with Gasteiger partial charge in [-0.2, -0.15) is 5.10 Å². The van der Waals surface area contributed by atoms with E-state index < -0.39 is 11.9 Å². The summed E-state index contributed by atoms with van der Waals surface area (Å²) in [5, 5.41) is 17.7. The van der Waals surface area contributed by atoms with Crippen molar-refractivity contribution in [2.45, 2.75) is 19.6 Å². The van der Waals surface area contributed by atoms with Crippen LogP contribution in [0.4, 0.5) is 16.2 Å². The molecule has 0 saturated heterocycles. The number of halogens is 1. The van der Waals surface area contributed by atoms with E-state index in [2.05, 4.69) is 25.2 Å². The van der Waals surface area contributed by atoms with E-state index in [1.165, 1.54) is 12.1 Å². The number of rotatable bonds is 4. The van der Waals surface area contributed by atoms with Crippen LogP contribution in [0, 0.1) is 19.3 Å². The number of aryl methyl sites for hydroxylation is 2. The number of hydrogen-bond donors (Lipinski definition) is 2. The first kappa shape index (κ1) is 19.0. The second-order valence-electron chi connectivity index (χ2n) is 7.31. The van der Waals surface area contributed by atoms with E-state index in [9.17, 15) is 9.50 Å². The third-order valence-corrected chi connectivity index (χ3v) is 5.28. The van der Waals surface area contributed by atoms with Crippen molar-refractivity contribution < 1.29 is 14.2 Å². The average molecular weight is 419 g/mol. The van der Waals surface area contributed by atoms with Crippen LogP contribution in [0.25, 0.3) is 21.7 Å². The number of fused-ring (bicyclic) bond motifs is 2. The van der Waals surface area contributed by atoms with Crippen LogP contribution in [-0.2, 0) is 13.6 Å². The Labute approximate surface area is 176 Å². The quantitative estimate of drug-likeness (QED) is 0.494. The third-order valence-electron chi connectivity index (χ3n) is 5.28. The first-order valence-corrected chi connectivity index (χ1v) is 9.59. The van der Waals surface area contributed by atoms with Gasteiger partial charge in [-0.25, -0.2) is 9.37 Å². The molecule has 2 N–H and O–H groups in total. The van der Waals surface area contributed by atoms with Crippen LogP contribution in [0.15, 0.2) is 30.6 Å². The molecule has 31 heavy (non-hydrogen) atoms. The molecule has 4 aromatic rings. The summed E-state index contributed by atoms with van der Waals surface area (Å²) in [6.07, 6.45) is 2.35. The van der Waals surface area contributed by atoms with Crippen LogP contribution in [0.3, 0.4) is 0 Å². The molecule has 0 amide bonds. The standard InChI is InChI=1S/C21H18FN7O2/c1-11-6-15(28(3)27-11)13-8-25-21(29-9-18(23-2)26-20(13)29)24-7-12-14(22)4-5-17-19(12)16(30)10-31-17/h4-6,8-9,16,30H,7,10H2,1,3H3,(H,24,25). The first-order chi connectivity index (χ1) is 15.0. The minimum atomic E-state index is -0.882. The largest absolute Gasteiger partial charge is 0.490 e. The lowest BCUT2D eigenvalue weighted by Crippen LogP contribution is -2.11. The zero-order valence-electron chi connectivity index (χ0n) is 16.8. The third kappa shape index (κ3) is 3.06. The van der Waals surface area contributed by atoms with Gasteiger partial charge in [-0.05, 0) is 25.1 Å². The summed E-state index contributed by atoms with van der Waals surface area (Å²) in [5.74, 6) is 0.641. The van der Waals surface area contributed by atoms with E-state index in [1.807, 2.05) is 20.0 Å². The molecular formula is C21H18FN7O2. The summed E-state index contributed by atoms with van der Waals surface area (Å²) in [7, 11) is 1.83. The summed E-state index contributed by atoms with van der Waals surface area (Å²) in [6, 6.07) is 4.75. The van der Waals surface area contributed by atoms with Gasteiger partial charge in [0.15, 0.2) is 0 Å². The SMILES string of the molecule is [C-]#[N+]c1cn2c(NCc3c(F)ccc4c3C(O)CO4)ncc(-c3cc(C)nn3C)c2n1. The first-order valence-electron chi connectivity index (χ1n) is 9.59. The highest BCUT2D eigenvalue weighted by atomic mass is 19.1. The summed E-state index contributed by atoms with van der Waals surface area (Å²) >= 11 is 0. The summed E-state index contributed by atoms with van der Waals surface area (Å²) in [5.41, 5.74) is 3.68. The lowest BCUT2D eigenvalue weighted by atomic mass is 10.0. The predicted molar refractivity (Wildman–Crippen MR) is 110 cm³/mol. The van der Waals surface area contributed by atoms with Gasteiger partial charge in [0.05, 0.1) is 17.0 Å². The van der Waals surface area contributed by atoms with Crippen LogP contribution < -0.4 is 10.1 Å². The van der Waals surface area contributed by atoms with Gasteiger partial charge in [-0.1, -0.05) is 11.6 Å². The molecule has 0 fully saturated rings. The molecule has 1 aliphatic heterocycles. The van der Waals surface area contributed by atoms with E-state index >= 15 is 0 Å². The average Bonchev–Trinajstić information content (AvgIpc) is 3.44. The molecule has 4 heterocycles. The molecule has 0 radical (unpaired) electrons. The van der Waals surface area contributed by atoms with Gasteiger partial charge in [-0.3, -0.25) is 9.08 Å². The Balaban J connectivity index is 1.56. The van der Waals surface area contributed by atoms with Gasteiger partial charge in [0.1, 0.15) is 24.3 Å². The van der Waals surface area contributed by atoms with Crippen molar-refractivity contribution >= 4 is 17.4 Å². The number of nitrogens with zero attached hydrogens (tertiary/aromatic N) is 6. The number of benzene rings is 1. The van der Waals surface area contributed by atoms with Gasteiger partial charge < -0.3 is 20.0 Å². The van der Waals surface area contributed by atoms with Gasteiger partial charge in [0.25, 0.3) is 5.82 Å².